The third kappa shape index (κ3) is 5.18. The number of hydrogen-bond donors (Lipinski definition) is 2. The minimum absolute atomic E-state index is 0.334. The van der Waals surface area contributed by atoms with Crippen LogP contribution in [0.4, 0.5) is 0 Å². The first-order valence-electron chi connectivity index (χ1n) is 2.74. The van der Waals surface area contributed by atoms with Gasteiger partial charge in [-0.15, -0.1) is 0 Å². The molecule has 0 rings (SSSR count). The molecule has 0 fully saturated rings. The van der Waals surface area contributed by atoms with E-state index in [1.54, 1.807) is 19.4 Å². The number of halogens is 1. The van der Waals surface area contributed by atoms with Crippen LogP contribution in [0.1, 0.15) is 0 Å². The summed E-state index contributed by atoms with van der Waals surface area (Å²) in [4.78, 5) is 0. The predicted octanol–water partition coefficient (Wildman–Crippen LogP) is 1.00. The van der Waals surface area contributed by atoms with Crippen LogP contribution in [0.15, 0.2) is 30.2 Å². The Hall–Kier alpha value is -0.960. The van der Waals surface area contributed by atoms with E-state index in [0.29, 0.717) is 5.17 Å². The van der Waals surface area contributed by atoms with Gasteiger partial charge in [-0.05, 0) is 6.08 Å². The Balaban J connectivity index is 3.52. The largest absolute Gasteiger partial charge is 0.393 e. The average Bonchev–Trinajstić information content (AvgIpc) is 1.98. The van der Waals surface area contributed by atoms with Gasteiger partial charge in [0.25, 0.3) is 0 Å². The van der Waals surface area contributed by atoms with Crippen molar-refractivity contribution in [3.05, 3.63) is 25.1 Å². The fourth-order valence-corrected chi connectivity index (χ4v) is 0.314. The third-order valence-corrected chi connectivity index (χ3v) is 0.903. The molecule has 3 nitrogen and oxygen atoms in total. The van der Waals surface area contributed by atoms with Crippen LogP contribution in [0, 0.1) is 0 Å². The highest BCUT2D eigenvalue weighted by Crippen LogP contribution is 1.82. The molecule has 0 atom stereocenters. The lowest BCUT2D eigenvalue weighted by atomic mass is 10.7. The normalized spacial score (nSPS) is 11.6. The monoisotopic (exact) mass is 159 g/mol. The van der Waals surface area contributed by atoms with Gasteiger partial charge in [-0.25, -0.2) is 0 Å². The molecule has 0 spiro atoms. The quantitative estimate of drug-likeness (QED) is 0.475. The molecule has 2 N–H and O–H groups in total. The molecule has 0 bridgehead atoms. The van der Waals surface area contributed by atoms with Gasteiger partial charge in [0.1, 0.15) is 5.17 Å². The summed E-state index contributed by atoms with van der Waals surface area (Å²) >= 11 is 5.46. The van der Waals surface area contributed by atoms with E-state index in [1.165, 1.54) is 6.08 Å². The maximum atomic E-state index is 5.46. The second-order valence-electron chi connectivity index (χ2n) is 1.39. The second kappa shape index (κ2) is 6.16. The molecule has 0 saturated carbocycles. The molecule has 0 aliphatic rings. The molecule has 0 aliphatic carbocycles. The molecule has 0 aromatic rings. The summed E-state index contributed by atoms with van der Waals surface area (Å²) in [5.41, 5.74) is 2.58. The lowest BCUT2D eigenvalue weighted by Gasteiger charge is -1.89. The first-order chi connectivity index (χ1) is 4.81. The van der Waals surface area contributed by atoms with Crippen molar-refractivity contribution in [2.75, 3.05) is 7.05 Å². The molecule has 0 unspecified atom stereocenters. The zero-order valence-corrected chi connectivity index (χ0v) is 6.52. The number of rotatable bonds is 4. The van der Waals surface area contributed by atoms with Crippen molar-refractivity contribution in [3.63, 3.8) is 0 Å². The molecule has 0 radical (unpaired) electrons. The smallest absolute Gasteiger partial charge is 0.148 e. The van der Waals surface area contributed by atoms with Gasteiger partial charge in [0.05, 0.1) is 0 Å². The van der Waals surface area contributed by atoms with Crippen LogP contribution in [-0.4, -0.2) is 12.2 Å². The number of nitrogens with zero attached hydrogens (tertiary/aromatic N) is 1. The predicted molar refractivity (Wildman–Crippen MR) is 44.8 cm³/mol. The van der Waals surface area contributed by atoms with Crippen molar-refractivity contribution >= 4 is 16.8 Å². The van der Waals surface area contributed by atoms with Gasteiger partial charge in [-0.3, -0.25) is 5.43 Å². The van der Waals surface area contributed by atoms with Crippen LogP contribution in [0.2, 0.25) is 0 Å². The van der Waals surface area contributed by atoms with E-state index in [1.807, 2.05) is 0 Å². The van der Waals surface area contributed by atoms with Gasteiger partial charge in [0.2, 0.25) is 0 Å². The highest BCUT2D eigenvalue weighted by Gasteiger charge is 1.78. The maximum Gasteiger partial charge on any atom is 0.148 e. The highest BCUT2D eigenvalue weighted by molar-refractivity contribution is 6.68. The van der Waals surface area contributed by atoms with E-state index in [-0.39, 0.29) is 0 Å². The summed E-state index contributed by atoms with van der Waals surface area (Å²) < 4.78 is 0. The summed E-state index contributed by atoms with van der Waals surface area (Å²) in [6.45, 7) is 3.42. The molecule has 0 aromatic carbocycles. The molecule has 0 amide bonds. The van der Waals surface area contributed by atoms with Crippen LogP contribution >= 0.6 is 11.6 Å². The van der Waals surface area contributed by atoms with Crippen molar-refractivity contribution in [3.8, 4) is 0 Å². The van der Waals surface area contributed by atoms with Crippen molar-refractivity contribution < 1.29 is 0 Å². The van der Waals surface area contributed by atoms with E-state index in [9.17, 15) is 0 Å². The molecule has 0 aliphatic heterocycles. The standard InChI is InChI=1S/C6H10ClN3/c1-3-6(7)10-9-5-4-8-2/h3-5,8-9H,1H2,2H3/b5-4-,10-6+. The van der Waals surface area contributed by atoms with Gasteiger partial charge in [-0.2, -0.15) is 5.10 Å². The number of allylic oxidation sites excluding steroid dienone is 1. The Morgan fingerprint density at radius 2 is 2.30 bits per heavy atom. The third-order valence-electron chi connectivity index (χ3n) is 0.664. The summed E-state index contributed by atoms with van der Waals surface area (Å²) in [6.07, 6.45) is 4.75. The van der Waals surface area contributed by atoms with E-state index in [2.05, 4.69) is 22.4 Å². The van der Waals surface area contributed by atoms with Crippen LogP contribution in [-0.2, 0) is 0 Å². The first kappa shape index (κ1) is 9.04. The fourth-order valence-electron chi connectivity index (χ4n) is 0.265. The SMILES string of the molecule is C=C/C(Cl)=N\N/C=C\NC. The van der Waals surface area contributed by atoms with Crippen LogP contribution < -0.4 is 10.7 Å². The van der Waals surface area contributed by atoms with Crippen molar-refractivity contribution in [2.24, 2.45) is 5.10 Å². The fraction of sp³-hybridized carbons (Fsp3) is 0.167. The minimum atomic E-state index is 0.334. The van der Waals surface area contributed by atoms with Gasteiger partial charge in [0.15, 0.2) is 0 Å². The van der Waals surface area contributed by atoms with Gasteiger partial charge in [0, 0.05) is 19.4 Å². The van der Waals surface area contributed by atoms with E-state index in [0.717, 1.165) is 0 Å². The van der Waals surface area contributed by atoms with Crippen LogP contribution in [0.3, 0.4) is 0 Å². The summed E-state index contributed by atoms with van der Waals surface area (Å²) in [7, 11) is 1.79. The molecular weight excluding hydrogens is 150 g/mol. The van der Waals surface area contributed by atoms with Crippen molar-refractivity contribution in [1.29, 1.82) is 0 Å². The Morgan fingerprint density at radius 3 is 2.80 bits per heavy atom. The summed E-state index contributed by atoms with van der Waals surface area (Å²) in [5.74, 6) is 0. The molecule has 0 aromatic heterocycles. The molecule has 0 heterocycles. The average molecular weight is 160 g/mol. The molecular formula is C6H10ClN3. The Kier molecular flexibility index (Phi) is 5.57. The zero-order chi connectivity index (χ0) is 7.82. The van der Waals surface area contributed by atoms with Crippen molar-refractivity contribution in [1.82, 2.24) is 10.7 Å². The Bertz CT molecular complexity index is 151. The lowest BCUT2D eigenvalue weighted by Crippen LogP contribution is -2.00. The van der Waals surface area contributed by atoms with Gasteiger partial charge >= 0.3 is 0 Å². The van der Waals surface area contributed by atoms with E-state index >= 15 is 0 Å². The Morgan fingerprint density at radius 1 is 1.60 bits per heavy atom. The van der Waals surface area contributed by atoms with E-state index < -0.39 is 0 Å². The van der Waals surface area contributed by atoms with Crippen LogP contribution in [0.5, 0.6) is 0 Å². The summed E-state index contributed by atoms with van der Waals surface area (Å²) in [6, 6.07) is 0. The molecule has 56 valence electrons. The first-order valence-corrected chi connectivity index (χ1v) is 3.12. The van der Waals surface area contributed by atoms with Crippen LogP contribution in [0.25, 0.3) is 0 Å². The molecule has 0 saturated heterocycles. The highest BCUT2D eigenvalue weighted by atomic mass is 35.5. The zero-order valence-electron chi connectivity index (χ0n) is 5.76. The van der Waals surface area contributed by atoms with Crippen molar-refractivity contribution in [2.45, 2.75) is 0 Å². The Labute approximate surface area is 65.5 Å². The lowest BCUT2D eigenvalue weighted by molar-refractivity contribution is 0.948. The minimum Gasteiger partial charge on any atom is -0.393 e. The maximum absolute atomic E-state index is 5.46. The second-order valence-corrected chi connectivity index (χ2v) is 1.78. The number of hydrazone groups is 1. The van der Waals surface area contributed by atoms with Gasteiger partial charge < -0.3 is 5.32 Å². The summed E-state index contributed by atoms with van der Waals surface area (Å²) in [5, 5.41) is 6.78. The van der Waals surface area contributed by atoms with Gasteiger partial charge in [-0.1, -0.05) is 18.2 Å². The topological polar surface area (TPSA) is 36.4 Å². The molecule has 10 heavy (non-hydrogen) atoms. The number of nitrogens with one attached hydrogen (secondary N) is 2. The van der Waals surface area contributed by atoms with E-state index in [4.69, 9.17) is 11.6 Å². The molecule has 4 heteroatoms. The number of hydrogen-bond acceptors (Lipinski definition) is 3.